The van der Waals surface area contributed by atoms with Gasteiger partial charge in [0, 0.05) is 38.6 Å². The number of hydrogen-bond donors (Lipinski definition) is 0. The summed E-state index contributed by atoms with van der Waals surface area (Å²) in [7, 11) is 1.71. The summed E-state index contributed by atoms with van der Waals surface area (Å²) in [4.78, 5) is 13.6. The van der Waals surface area contributed by atoms with Gasteiger partial charge in [0.1, 0.15) is 11.5 Å². The highest BCUT2D eigenvalue weighted by molar-refractivity contribution is 5.85. The highest BCUT2D eigenvalue weighted by Gasteiger charge is 2.18. The van der Waals surface area contributed by atoms with Crippen molar-refractivity contribution >= 4 is 18.4 Å². The Morgan fingerprint density at radius 3 is 2.43 bits per heavy atom. The van der Waals surface area contributed by atoms with E-state index in [2.05, 4.69) is 56.2 Å². The van der Waals surface area contributed by atoms with Crippen molar-refractivity contribution in [1.82, 2.24) is 14.9 Å². The van der Waals surface area contributed by atoms with Gasteiger partial charge in [-0.1, -0.05) is 30.3 Å². The maximum atomic E-state index is 6.17. The molecule has 2 aromatic carbocycles. The van der Waals surface area contributed by atoms with Crippen LogP contribution in [0.5, 0.6) is 11.5 Å². The van der Waals surface area contributed by atoms with E-state index in [1.807, 2.05) is 30.6 Å². The second-order valence-electron chi connectivity index (χ2n) is 8.75. The largest absolute Gasteiger partial charge is 0.497 e. The van der Waals surface area contributed by atoms with E-state index >= 15 is 0 Å². The number of aryl methyl sites for hydroxylation is 2. The maximum Gasteiger partial charge on any atom is 0.225 e. The molecule has 1 aliphatic rings. The molecule has 35 heavy (non-hydrogen) atoms. The van der Waals surface area contributed by atoms with Crippen LogP contribution in [-0.2, 0) is 12.8 Å². The third-order valence-corrected chi connectivity index (χ3v) is 6.37. The Morgan fingerprint density at radius 2 is 1.63 bits per heavy atom. The average Bonchev–Trinajstić information content (AvgIpc) is 2.91. The first-order valence-electron chi connectivity index (χ1n) is 12.4. The van der Waals surface area contributed by atoms with E-state index in [-0.39, 0.29) is 12.4 Å². The molecular formula is C28H37ClN4O2. The second kappa shape index (κ2) is 14.5. The smallest absolute Gasteiger partial charge is 0.225 e. The first kappa shape index (κ1) is 26.8. The number of anilines is 1. The van der Waals surface area contributed by atoms with Gasteiger partial charge in [-0.3, -0.25) is 4.90 Å². The van der Waals surface area contributed by atoms with Crippen molar-refractivity contribution in [2.24, 2.45) is 0 Å². The predicted octanol–water partition coefficient (Wildman–Crippen LogP) is 5.06. The number of halogens is 1. The van der Waals surface area contributed by atoms with Crippen LogP contribution in [0.1, 0.15) is 30.4 Å². The minimum atomic E-state index is 0. The molecule has 3 aromatic rings. The van der Waals surface area contributed by atoms with Crippen molar-refractivity contribution in [1.29, 1.82) is 0 Å². The lowest BCUT2D eigenvalue weighted by Gasteiger charge is -2.34. The van der Waals surface area contributed by atoms with E-state index in [4.69, 9.17) is 9.47 Å². The van der Waals surface area contributed by atoms with Gasteiger partial charge in [0.25, 0.3) is 0 Å². The molecule has 7 heteroatoms. The lowest BCUT2D eigenvalue weighted by molar-refractivity contribution is 0.245. The van der Waals surface area contributed by atoms with Crippen LogP contribution in [0.25, 0.3) is 0 Å². The summed E-state index contributed by atoms with van der Waals surface area (Å²) < 4.78 is 11.5. The van der Waals surface area contributed by atoms with Crippen molar-refractivity contribution in [3.05, 3.63) is 78.1 Å². The van der Waals surface area contributed by atoms with Gasteiger partial charge in [-0.2, -0.15) is 0 Å². The molecule has 0 aliphatic carbocycles. The van der Waals surface area contributed by atoms with Crippen LogP contribution in [0, 0.1) is 0 Å². The number of aromatic nitrogens is 2. The lowest BCUT2D eigenvalue weighted by atomic mass is 10.0. The Morgan fingerprint density at radius 1 is 0.829 bits per heavy atom. The molecule has 4 rings (SSSR count). The number of methoxy groups -OCH3 is 1. The van der Waals surface area contributed by atoms with Crippen molar-refractivity contribution in [2.75, 3.05) is 51.3 Å². The number of ether oxygens (including phenoxy) is 2. The van der Waals surface area contributed by atoms with Gasteiger partial charge in [-0.05, 0) is 74.0 Å². The molecule has 0 radical (unpaired) electrons. The molecule has 0 bridgehead atoms. The van der Waals surface area contributed by atoms with Crippen LogP contribution < -0.4 is 14.4 Å². The molecule has 1 aliphatic heterocycles. The van der Waals surface area contributed by atoms with Gasteiger partial charge in [0.05, 0.1) is 13.7 Å². The van der Waals surface area contributed by atoms with Crippen LogP contribution in [-0.4, -0.2) is 61.3 Å². The number of para-hydroxylation sites is 1. The van der Waals surface area contributed by atoms with E-state index in [1.165, 1.54) is 24.0 Å². The van der Waals surface area contributed by atoms with Crippen LogP contribution in [0.15, 0.2) is 67.0 Å². The third kappa shape index (κ3) is 8.41. The first-order valence-corrected chi connectivity index (χ1v) is 12.4. The zero-order valence-corrected chi connectivity index (χ0v) is 21.5. The maximum absolute atomic E-state index is 6.17. The van der Waals surface area contributed by atoms with Crippen LogP contribution in [0.2, 0.25) is 0 Å². The monoisotopic (exact) mass is 496 g/mol. The quantitative estimate of drug-likeness (QED) is 0.326. The van der Waals surface area contributed by atoms with Crippen LogP contribution >= 0.6 is 12.4 Å². The molecule has 0 N–H and O–H groups in total. The van der Waals surface area contributed by atoms with Gasteiger partial charge in [-0.25, -0.2) is 9.97 Å². The number of benzene rings is 2. The fourth-order valence-electron chi connectivity index (χ4n) is 4.38. The molecule has 0 saturated carbocycles. The molecule has 2 heterocycles. The summed E-state index contributed by atoms with van der Waals surface area (Å²) >= 11 is 0. The molecule has 1 saturated heterocycles. The summed E-state index contributed by atoms with van der Waals surface area (Å²) in [5, 5.41) is 0. The standard InChI is InChI=1S/C28H36N4O2.ClH/c1-33-26-11-7-9-24(23-26)13-14-25-10-3-4-12-27(25)34-22-6-2-5-17-31-18-20-32(21-19-31)28-29-15-8-16-30-28;/h3-4,7-12,15-16,23H,2,5-6,13-14,17-22H2,1H3;1H. The first-order chi connectivity index (χ1) is 16.8. The molecule has 1 aromatic heterocycles. The zero-order chi connectivity index (χ0) is 23.4. The fourth-order valence-corrected chi connectivity index (χ4v) is 4.38. The number of unbranched alkanes of at least 4 members (excludes halogenated alkanes) is 2. The number of rotatable bonds is 12. The van der Waals surface area contributed by atoms with Crippen LogP contribution in [0.3, 0.4) is 0 Å². The molecule has 188 valence electrons. The van der Waals surface area contributed by atoms with Gasteiger partial charge < -0.3 is 14.4 Å². The predicted molar refractivity (Wildman–Crippen MR) is 144 cm³/mol. The minimum absolute atomic E-state index is 0. The highest BCUT2D eigenvalue weighted by atomic mass is 35.5. The zero-order valence-electron chi connectivity index (χ0n) is 20.6. The van der Waals surface area contributed by atoms with E-state index in [1.54, 1.807) is 7.11 Å². The molecule has 1 fully saturated rings. The normalized spacial score (nSPS) is 13.8. The van der Waals surface area contributed by atoms with Crippen molar-refractivity contribution in [3.63, 3.8) is 0 Å². The molecule has 0 spiro atoms. The second-order valence-corrected chi connectivity index (χ2v) is 8.75. The summed E-state index contributed by atoms with van der Waals surface area (Å²) in [6.45, 7) is 6.08. The number of nitrogens with zero attached hydrogens (tertiary/aromatic N) is 4. The van der Waals surface area contributed by atoms with Crippen molar-refractivity contribution in [3.8, 4) is 11.5 Å². The van der Waals surface area contributed by atoms with E-state index in [0.717, 1.165) is 76.0 Å². The van der Waals surface area contributed by atoms with Crippen LogP contribution in [0.4, 0.5) is 5.95 Å². The lowest BCUT2D eigenvalue weighted by Crippen LogP contribution is -2.47. The van der Waals surface area contributed by atoms with Gasteiger partial charge in [0.15, 0.2) is 0 Å². The Hall–Kier alpha value is -2.83. The van der Waals surface area contributed by atoms with Crippen molar-refractivity contribution in [2.45, 2.75) is 32.1 Å². The third-order valence-electron chi connectivity index (χ3n) is 6.37. The molecule has 0 atom stereocenters. The number of piperazine rings is 1. The van der Waals surface area contributed by atoms with E-state index < -0.39 is 0 Å². The van der Waals surface area contributed by atoms with Gasteiger partial charge in [0.2, 0.25) is 5.95 Å². The van der Waals surface area contributed by atoms with E-state index in [0.29, 0.717) is 0 Å². The summed E-state index contributed by atoms with van der Waals surface area (Å²) in [5.41, 5.74) is 2.55. The molecule has 0 amide bonds. The topological polar surface area (TPSA) is 50.7 Å². The Bertz CT molecular complexity index is 997. The SMILES string of the molecule is COc1cccc(CCc2ccccc2OCCCCCN2CCN(c3ncccn3)CC2)c1.Cl. The summed E-state index contributed by atoms with van der Waals surface area (Å²) in [5.74, 6) is 2.78. The highest BCUT2D eigenvalue weighted by Crippen LogP contribution is 2.22. The molecule has 6 nitrogen and oxygen atoms in total. The molecule has 0 unspecified atom stereocenters. The number of hydrogen-bond acceptors (Lipinski definition) is 6. The Kier molecular flexibility index (Phi) is 11.1. The minimum Gasteiger partial charge on any atom is -0.497 e. The Balaban J connectivity index is 0.00000342. The van der Waals surface area contributed by atoms with Crippen molar-refractivity contribution < 1.29 is 9.47 Å². The van der Waals surface area contributed by atoms with Gasteiger partial charge >= 0.3 is 0 Å². The van der Waals surface area contributed by atoms with E-state index in [9.17, 15) is 0 Å². The summed E-state index contributed by atoms with van der Waals surface area (Å²) in [6.07, 6.45) is 9.05. The fraction of sp³-hybridized carbons (Fsp3) is 0.429. The van der Waals surface area contributed by atoms with Gasteiger partial charge in [-0.15, -0.1) is 12.4 Å². The average molecular weight is 497 g/mol. The summed E-state index contributed by atoms with van der Waals surface area (Å²) in [6, 6.07) is 18.6. The Labute approximate surface area is 215 Å². The molecular weight excluding hydrogens is 460 g/mol.